The quantitative estimate of drug-likeness (QED) is 0.344. The SMILES string of the molecule is O=C1c2ccccc2C(=O)C1C1=NC(c2ccccn2)C2C(=O)N(CCNc3ncc(C(F)(F)F)cc3Cl)C(=O)C12. The molecule has 0 bridgehead atoms. The summed E-state index contributed by atoms with van der Waals surface area (Å²) in [6, 6.07) is 11.2. The molecule has 13 heteroatoms. The summed E-state index contributed by atoms with van der Waals surface area (Å²) < 4.78 is 38.8. The monoisotopic (exact) mass is 581 g/mol. The number of benzene rings is 1. The highest BCUT2D eigenvalue weighted by molar-refractivity contribution is 6.39. The van der Waals surface area contributed by atoms with Gasteiger partial charge in [0.1, 0.15) is 17.8 Å². The fourth-order valence-electron chi connectivity index (χ4n) is 5.60. The first-order chi connectivity index (χ1) is 19.6. The number of ketones is 2. The van der Waals surface area contributed by atoms with Gasteiger partial charge in [0.25, 0.3) is 0 Å². The molecule has 9 nitrogen and oxygen atoms in total. The number of nitrogens with one attached hydrogen (secondary N) is 1. The minimum atomic E-state index is -4.62. The summed E-state index contributed by atoms with van der Waals surface area (Å²) in [4.78, 5) is 67.6. The number of carbonyl (C=O) groups is 4. The average Bonchev–Trinajstić information content (AvgIpc) is 3.54. The Balaban J connectivity index is 1.27. The molecular formula is C28H19ClF3N5O4. The molecule has 1 fully saturated rings. The number of halogens is 4. The van der Waals surface area contributed by atoms with Gasteiger partial charge in [0.2, 0.25) is 11.8 Å². The van der Waals surface area contributed by atoms with Crippen molar-refractivity contribution >= 4 is 46.5 Å². The van der Waals surface area contributed by atoms with Crippen LogP contribution in [0.15, 0.2) is 65.9 Å². The van der Waals surface area contributed by atoms with Gasteiger partial charge in [-0.1, -0.05) is 41.9 Å². The fraction of sp³-hybridized carbons (Fsp3) is 0.250. The summed E-state index contributed by atoms with van der Waals surface area (Å²) in [7, 11) is 0. The molecule has 2 amide bonds. The van der Waals surface area contributed by atoms with Crippen LogP contribution in [-0.4, -0.2) is 57.0 Å². The van der Waals surface area contributed by atoms with E-state index >= 15 is 0 Å². The van der Waals surface area contributed by atoms with Gasteiger partial charge in [-0.25, -0.2) is 4.98 Å². The maximum atomic E-state index is 13.7. The van der Waals surface area contributed by atoms with Gasteiger partial charge in [0.05, 0.1) is 28.1 Å². The van der Waals surface area contributed by atoms with Crippen molar-refractivity contribution in [2.45, 2.75) is 12.2 Å². The molecule has 0 radical (unpaired) electrons. The number of Topliss-reactive ketones (excluding diaryl/α,β-unsaturated/α-hetero) is 2. The van der Waals surface area contributed by atoms with E-state index in [0.29, 0.717) is 11.9 Å². The molecule has 3 unspecified atom stereocenters. The van der Waals surface area contributed by atoms with Gasteiger partial charge in [-0.15, -0.1) is 0 Å². The summed E-state index contributed by atoms with van der Waals surface area (Å²) in [5.74, 6) is -5.66. The van der Waals surface area contributed by atoms with Crippen molar-refractivity contribution in [3.05, 3.63) is 88.3 Å². The molecule has 41 heavy (non-hydrogen) atoms. The van der Waals surface area contributed by atoms with Gasteiger partial charge in [-0.05, 0) is 18.2 Å². The van der Waals surface area contributed by atoms with Crippen molar-refractivity contribution < 1.29 is 32.3 Å². The van der Waals surface area contributed by atoms with Crippen LogP contribution in [0, 0.1) is 17.8 Å². The van der Waals surface area contributed by atoms with Crippen LogP contribution in [0.2, 0.25) is 5.02 Å². The number of hydrogen-bond donors (Lipinski definition) is 1. The van der Waals surface area contributed by atoms with Gasteiger partial charge in [-0.2, -0.15) is 13.2 Å². The van der Waals surface area contributed by atoms with Crippen LogP contribution in [0.5, 0.6) is 0 Å². The molecule has 3 aliphatic rings. The van der Waals surface area contributed by atoms with E-state index in [4.69, 9.17) is 11.6 Å². The lowest BCUT2D eigenvalue weighted by Crippen LogP contribution is -2.39. The van der Waals surface area contributed by atoms with E-state index in [9.17, 15) is 32.3 Å². The Bertz CT molecular complexity index is 1610. The molecule has 4 heterocycles. The van der Waals surface area contributed by atoms with Crippen LogP contribution in [0.3, 0.4) is 0 Å². The van der Waals surface area contributed by atoms with Crippen LogP contribution in [-0.2, 0) is 15.8 Å². The number of hydrogen-bond acceptors (Lipinski definition) is 8. The molecule has 0 spiro atoms. The standard InChI is InChI=1S/C28H19ClF3N5O4/c29-16-11-13(28(30,31)32)12-35-25(16)34-9-10-37-26(40)18-19(27(37)41)22(36-21(18)17-7-3-4-8-33-17)20-23(38)14-5-1-2-6-15(14)24(20)39/h1-8,11-12,18-21H,9-10H2,(H,34,35). The first-order valence-corrected chi connectivity index (χ1v) is 12.9. The molecule has 3 atom stereocenters. The van der Waals surface area contributed by atoms with Crippen LogP contribution >= 0.6 is 11.6 Å². The van der Waals surface area contributed by atoms with Crippen LogP contribution < -0.4 is 5.32 Å². The molecule has 208 valence electrons. The number of fused-ring (bicyclic) bond motifs is 2. The Kier molecular flexibility index (Phi) is 6.45. The van der Waals surface area contributed by atoms with Crippen molar-refractivity contribution in [2.75, 3.05) is 18.4 Å². The topological polar surface area (TPSA) is 122 Å². The van der Waals surface area contributed by atoms with E-state index in [-0.39, 0.29) is 40.8 Å². The van der Waals surface area contributed by atoms with Crippen molar-refractivity contribution in [1.82, 2.24) is 14.9 Å². The third-order valence-corrected chi connectivity index (χ3v) is 7.74. The predicted molar refractivity (Wildman–Crippen MR) is 139 cm³/mol. The fourth-order valence-corrected chi connectivity index (χ4v) is 5.83. The van der Waals surface area contributed by atoms with Crippen LogP contribution in [0.1, 0.15) is 38.0 Å². The van der Waals surface area contributed by atoms with E-state index in [1.165, 1.54) is 6.20 Å². The van der Waals surface area contributed by atoms with Crippen LogP contribution in [0.4, 0.5) is 19.0 Å². The largest absolute Gasteiger partial charge is 0.417 e. The van der Waals surface area contributed by atoms with E-state index in [2.05, 4.69) is 20.3 Å². The second kappa shape index (κ2) is 9.88. The smallest absolute Gasteiger partial charge is 0.367 e. The summed E-state index contributed by atoms with van der Waals surface area (Å²) >= 11 is 5.95. The molecule has 0 saturated carbocycles. The summed E-state index contributed by atoms with van der Waals surface area (Å²) in [5.41, 5.74) is -0.0900. The van der Waals surface area contributed by atoms with Crippen molar-refractivity contribution in [3.63, 3.8) is 0 Å². The summed E-state index contributed by atoms with van der Waals surface area (Å²) in [6.07, 6.45) is -2.48. The van der Waals surface area contributed by atoms with Crippen molar-refractivity contribution in [2.24, 2.45) is 22.7 Å². The molecule has 1 aromatic carbocycles. The Morgan fingerprint density at radius 3 is 2.22 bits per heavy atom. The van der Waals surface area contributed by atoms with Gasteiger partial charge in [-0.3, -0.25) is 34.1 Å². The zero-order valence-corrected chi connectivity index (χ0v) is 21.7. The minimum absolute atomic E-state index is 0.0399. The highest BCUT2D eigenvalue weighted by atomic mass is 35.5. The lowest BCUT2D eigenvalue weighted by molar-refractivity contribution is -0.140. The normalized spacial score (nSPS) is 22.3. The third kappa shape index (κ3) is 4.38. The highest BCUT2D eigenvalue weighted by Crippen LogP contribution is 2.47. The number of rotatable bonds is 6. The van der Waals surface area contributed by atoms with Gasteiger partial charge in [0.15, 0.2) is 11.6 Å². The second-order valence-corrected chi connectivity index (χ2v) is 10.2. The van der Waals surface area contributed by atoms with Gasteiger partial charge in [0, 0.05) is 42.3 Å². The lowest BCUT2D eigenvalue weighted by atomic mass is 9.82. The van der Waals surface area contributed by atoms with Gasteiger partial charge >= 0.3 is 6.18 Å². The molecule has 2 aromatic heterocycles. The Morgan fingerprint density at radius 2 is 1.61 bits per heavy atom. The third-order valence-electron chi connectivity index (χ3n) is 7.45. The number of aromatic nitrogens is 2. The van der Waals surface area contributed by atoms with Crippen LogP contribution in [0.25, 0.3) is 0 Å². The molecule has 1 N–H and O–H groups in total. The number of pyridine rings is 2. The maximum Gasteiger partial charge on any atom is 0.417 e. The first-order valence-electron chi connectivity index (χ1n) is 12.6. The van der Waals surface area contributed by atoms with E-state index in [1.54, 1.807) is 42.5 Å². The molecule has 3 aromatic rings. The Morgan fingerprint density at radius 1 is 0.927 bits per heavy atom. The number of anilines is 1. The van der Waals surface area contributed by atoms with Gasteiger partial charge < -0.3 is 5.32 Å². The Labute approximate surface area is 235 Å². The van der Waals surface area contributed by atoms with Crippen molar-refractivity contribution in [3.8, 4) is 0 Å². The molecule has 1 saturated heterocycles. The lowest BCUT2D eigenvalue weighted by Gasteiger charge is -2.19. The zero-order valence-electron chi connectivity index (χ0n) is 20.9. The highest BCUT2D eigenvalue weighted by Gasteiger charge is 2.60. The Hall–Kier alpha value is -4.45. The average molecular weight is 582 g/mol. The maximum absolute atomic E-state index is 13.7. The first kappa shape index (κ1) is 26.8. The predicted octanol–water partition coefficient (Wildman–Crippen LogP) is 4.05. The number of likely N-dealkylation sites (tertiary alicyclic amines) is 1. The molecular weight excluding hydrogens is 563 g/mol. The molecule has 6 rings (SSSR count). The van der Waals surface area contributed by atoms with E-state index in [1.807, 2.05) is 0 Å². The summed E-state index contributed by atoms with van der Waals surface area (Å²) in [6.45, 7) is -0.235. The molecule has 1 aliphatic carbocycles. The second-order valence-electron chi connectivity index (χ2n) is 9.77. The number of alkyl halides is 3. The van der Waals surface area contributed by atoms with E-state index < -0.39 is 58.9 Å². The molecule has 2 aliphatic heterocycles. The summed E-state index contributed by atoms with van der Waals surface area (Å²) in [5, 5.41) is 2.47. The number of carbonyl (C=O) groups excluding carboxylic acids is 4. The zero-order chi connectivity index (χ0) is 29.1. The number of amides is 2. The number of imide groups is 1. The number of aliphatic imine (C=N–C) groups is 1. The minimum Gasteiger partial charge on any atom is -0.367 e. The number of nitrogens with zero attached hydrogens (tertiary/aromatic N) is 4. The van der Waals surface area contributed by atoms with E-state index in [0.717, 1.165) is 11.0 Å². The van der Waals surface area contributed by atoms with Crippen molar-refractivity contribution in [1.29, 1.82) is 0 Å².